The molecule has 0 unspecified atom stereocenters. The molecule has 190 valence electrons. The lowest BCUT2D eigenvalue weighted by molar-refractivity contribution is -0.0424. The van der Waals surface area contributed by atoms with Crippen LogP contribution in [0.2, 0.25) is 0 Å². The first-order chi connectivity index (χ1) is 17.6. The zero-order chi connectivity index (χ0) is 24.6. The number of aliphatic hydroxyl groups excluding tert-OH is 1. The number of morpholine rings is 1. The van der Waals surface area contributed by atoms with Gasteiger partial charge in [-0.3, -0.25) is 0 Å². The van der Waals surface area contributed by atoms with E-state index in [2.05, 4.69) is 40.2 Å². The SMILES string of the molecule is O=C(N[C@H]1Cc2ccccc2-c2c(C3CCCCC3)c3ccc(C(O)O)cc3n2C1)N1CCOCC1. The molecule has 3 aromatic rings. The quantitative estimate of drug-likeness (QED) is 0.479. The Morgan fingerprint density at radius 1 is 1.03 bits per heavy atom. The Hall–Kier alpha value is -2.87. The van der Waals surface area contributed by atoms with Gasteiger partial charge in [0.25, 0.3) is 0 Å². The van der Waals surface area contributed by atoms with Crippen LogP contribution in [0.15, 0.2) is 42.5 Å². The first kappa shape index (κ1) is 23.5. The van der Waals surface area contributed by atoms with Gasteiger partial charge in [-0.05, 0) is 42.4 Å². The zero-order valence-corrected chi connectivity index (χ0v) is 20.7. The fraction of sp³-hybridized carbons (Fsp3) is 0.483. The third-order valence-corrected chi connectivity index (χ3v) is 8.21. The fourth-order valence-electron chi connectivity index (χ4n) is 6.45. The number of aliphatic hydroxyl groups is 2. The van der Waals surface area contributed by atoms with Gasteiger partial charge in [0, 0.05) is 41.7 Å². The molecular formula is C29H35N3O4. The average molecular weight is 490 g/mol. The molecule has 0 radical (unpaired) electrons. The molecule has 1 saturated heterocycles. The predicted octanol–water partition coefficient (Wildman–Crippen LogP) is 4.31. The number of nitrogens with one attached hydrogen (secondary N) is 1. The molecule has 1 aromatic heterocycles. The van der Waals surface area contributed by atoms with Gasteiger partial charge in [0.15, 0.2) is 6.29 Å². The summed E-state index contributed by atoms with van der Waals surface area (Å²) in [6, 6.07) is 14.3. The molecule has 0 spiro atoms. The number of rotatable bonds is 3. The van der Waals surface area contributed by atoms with E-state index < -0.39 is 6.29 Å². The minimum atomic E-state index is -1.52. The summed E-state index contributed by atoms with van der Waals surface area (Å²) in [6.45, 7) is 3.00. The van der Waals surface area contributed by atoms with Gasteiger partial charge in [-0.25, -0.2) is 4.79 Å². The molecule has 36 heavy (non-hydrogen) atoms. The molecule has 3 heterocycles. The van der Waals surface area contributed by atoms with Crippen LogP contribution in [0.5, 0.6) is 0 Å². The molecule has 2 aliphatic heterocycles. The van der Waals surface area contributed by atoms with Gasteiger partial charge in [-0.15, -0.1) is 0 Å². The second kappa shape index (κ2) is 9.88. The summed E-state index contributed by atoms with van der Waals surface area (Å²) in [5.41, 5.74) is 6.59. The van der Waals surface area contributed by atoms with E-state index in [9.17, 15) is 15.0 Å². The summed E-state index contributed by atoms with van der Waals surface area (Å²) in [5, 5.41) is 24.4. The second-order valence-electron chi connectivity index (χ2n) is 10.5. The molecule has 0 bridgehead atoms. The monoisotopic (exact) mass is 489 g/mol. The Morgan fingerprint density at radius 2 is 1.81 bits per heavy atom. The van der Waals surface area contributed by atoms with Gasteiger partial charge in [0.1, 0.15) is 0 Å². The van der Waals surface area contributed by atoms with Crippen LogP contribution < -0.4 is 5.32 Å². The lowest BCUT2D eigenvalue weighted by Crippen LogP contribution is -2.50. The van der Waals surface area contributed by atoms with E-state index in [1.807, 2.05) is 17.0 Å². The molecule has 7 nitrogen and oxygen atoms in total. The molecule has 6 rings (SSSR count). The van der Waals surface area contributed by atoms with Crippen molar-refractivity contribution in [2.75, 3.05) is 26.3 Å². The van der Waals surface area contributed by atoms with Crippen LogP contribution in [-0.2, 0) is 17.7 Å². The second-order valence-corrected chi connectivity index (χ2v) is 10.5. The number of nitrogens with zero attached hydrogens (tertiary/aromatic N) is 2. The van der Waals surface area contributed by atoms with Crippen molar-refractivity contribution in [1.29, 1.82) is 0 Å². The van der Waals surface area contributed by atoms with Crippen molar-refractivity contribution >= 4 is 16.9 Å². The van der Waals surface area contributed by atoms with Gasteiger partial charge in [0.2, 0.25) is 0 Å². The number of hydrogen-bond donors (Lipinski definition) is 3. The lowest BCUT2D eigenvalue weighted by Gasteiger charge is -2.29. The van der Waals surface area contributed by atoms with E-state index in [0.717, 1.165) is 11.9 Å². The standard InChI is InChI=1S/C29H35N3O4/c33-28(34)21-10-11-24-25(17-21)32-18-22(30-29(35)31-12-14-36-15-13-31)16-20-8-4-5-9-23(20)27(32)26(24)19-6-2-1-3-7-19/h4-5,8-11,17,19,22,28,33-34H,1-3,6-7,12-16,18H2,(H,30,35)/t22-/m0/s1. The molecule has 1 atom stereocenters. The maximum absolute atomic E-state index is 13.1. The highest BCUT2D eigenvalue weighted by atomic mass is 16.5. The molecule has 1 aliphatic carbocycles. The van der Waals surface area contributed by atoms with Crippen LogP contribution in [0.25, 0.3) is 22.2 Å². The van der Waals surface area contributed by atoms with E-state index in [1.165, 1.54) is 59.9 Å². The minimum absolute atomic E-state index is 0.0420. The first-order valence-corrected chi connectivity index (χ1v) is 13.3. The van der Waals surface area contributed by atoms with Crippen molar-refractivity contribution in [1.82, 2.24) is 14.8 Å². The zero-order valence-electron chi connectivity index (χ0n) is 20.7. The number of carbonyl (C=O) groups excluding carboxylic acids is 1. The summed E-state index contributed by atoms with van der Waals surface area (Å²) in [4.78, 5) is 15.0. The number of carbonyl (C=O) groups is 1. The smallest absolute Gasteiger partial charge is 0.317 e. The van der Waals surface area contributed by atoms with Crippen molar-refractivity contribution in [3.8, 4) is 11.3 Å². The Labute approximate surface area is 211 Å². The van der Waals surface area contributed by atoms with Crippen LogP contribution in [0.4, 0.5) is 4.79 Å². The number of ether oxygens (including phenoxy) is 1. The van der Waals surface area contributed by atoms with Crippen LogP contribution in [0.1, 0.15) is 61.0 Å². The highest BCUT2D eigenvalue weighted by Crippen LogP contribution is 2.46. The summed E-state index contributed by atoms with van der Waals surface area (Å²) >= 11 is 0. The highest BCUT2D eigenvalue weighted by molar-refractivity contribution is 5.94. The Balaban J connectivity index is 1.49. The van der Waals surface area contributed by atoms with Crippen LogP contribution >= 0.6 is 0 Å². The normalized spacial score (nSPS) is 20.8. The third-order valence-electron chi connectivity index (χ3n) is 8.21. The summed E-state index contributed by atoms with van der Waals surface area (Å²) in [5.74, 6) is 0.481. The Bertz CT molecular complexity index is 1250. The largest absolute Gasteiger partial charge is 0.378 e. The molecule has 2 aromatic carbocycles. The van der Waals surface area contributed by atoms with Crippen molar-refractivity contribution < 1.29 is 19.7 Å². The van der Waals surface area contributed by atoms with E-state index >= 15 is 0 Å². The van der Waals surface area contributed by atoms with Crippen molar-refractivity contribution in [3.05, 3.63) is 59.2 Å². The van der Waals surface area contributed by atoms with E-state index in [-0.39, 0.29) is 12.1 Å². The average Bonchev–Trinajstić information content (AvgIpc) is 3.13. The van der Waals surface area contributed by atoms with Gasteiger partial charge in [-0.2, -0.15) is 0 Å². The van der Waals surface area contributed by atoms with Gasteiger partial charge >= 0.3 is 6.03 Å². The number of hydrogen-bond acceptors (Lipinski definition) is 4. The number of amides is 2. The summed E-state index contributed by atoms with van der Waals surface area (Å²) in [6.07, 6.45) is 5.35. The molecule has 7 heteroatoms. The van der Waals surface area contributed by atoms with Gasteiger partial charge in [-0.1, -0.05) is 55.7 Å². The van der Waals surface area contributed by atoms with Gasteiger partial charge in [0.05, 0.1) is 24.9 Å². The predicted molar refractivity (Wildman–Crippen MR) is 139 cm³/mol. The lowest BCUT2D eigenvalue weighted by atomic mass is 9.81. The van der Waals surface area contributed by atoms with Crippen molar-refractivity contribution in [2.24, 2.45) is 0 Å². The van der Waals surface area contributed by atoms with E-state index in [0.29, 0.717) is 44.3 Å². The van der Waals surface area contributed by atoms with Crippen LogP contribution in [-0.4, -0.2) is 58.1 Å². The van der Waals surface area contributed by atoms with Crippen molar-refractivity contribution in [3.63, 3.8) is 0 Å². The molecule has 3 N–H and O–H groups in total. The Morgan fingerprint density at radius 3 is 2.58 bits per heavy atom. The molecule has 2 fully saturated rings. The van der Waals surface area contributed by atoms with E-state index in [4.69, 9.17) is 4.74 Å². The number of fused-ring (bicyclic) bond motifs is 5. The number of urea groups is 1. The fourth-order valence-corrected chi connectivity index (χ4v) is 6.45. The topological polar surface area (TPSA) is 87.0 Å². The molecule has 3 aliphatic rings. The molecule has 2 amide bonds. The maximum Gasteiger partial charge on any atom is 0.317 e. The minimum Gasteiger partial charge on any atom is -0.378 e. The molecule has 1 saturated carbocycles. The number of aromatic nitrogens is 1. The third kappa shape index (κ3) is 4.29. The Kier molecular flexibility index (Phi) is 6.46. The van der Waals surface area contributed by atoms with Crippen LogP contribution in [0.3, 0.4) is 0 Å². The highest BCUT2D eigenvalue weighted by Gasteiger charge is 2.32. The summed E-state index contributed by atoms with van der Waals surface area (Å²) in [7, 11) is 0. The van der Waals surface area contributed by atoms with Crippen LogP contribution in [0, 0.1) is 0 Å². The maximum atomic E-state index is 13.1. The summed E-state index contributed by atoms with van der Waals surface area (Å²) < 4.78 is 7.76. The molecular weight excluding hydrogens is 454 g/mol. The van der Waals surface area contributed by atoms with E-state index in [1.54, 1.807) is 0 Å². The number of benzene rings is 2. The first-order valence-electron chi connectivity index (χ1n) is 13.3. The van der Waals surface area contributed by atoms with Crippen molar-refractivity contribution in [2.45, 2.75) is 63.3 Å². The van der Waals surface area contributed by atoms with Gasteiger partial charge < -0.3 is 29.7 Å².